The minimum absolute atomic E-state index is 0.0204. The Morgan fingerprint density at radius 2 is 1.26 bits per heavy atom. The zero-order valence-corrected chi connectivity index (χ0v) is 61.2. The van der Waals surface area contributed by atoms with Crippen LogP contribution in [0.1, 0.15) is 193 Å². The number of alkyl halides is 3. The second-order valence-electron chi connectivity index (χ2n) is 29.7. The van der Waals surface area contributed by atoms with Gasteiger partial charge < -0.3 is 60.5 Å². The molecule has 1 unspecified atom stereocenters. The summed E-state index contributed by atoms with van der Waals surface area (Å²) in [5, 5.41) is 10.8. The number of likely N-dealkylation sites (tertiary alicyclic amines) is 1. The van der Waals surface area contributed by atoms with E-state index in [4.69, 9.17) is 11.6 Å². The van der Waals surface area contributed by atoms with Gasteiger partial charge >= 0.3 is 6.18 Å². The number of hydrogen-bond donors (Lipinski definition) is 4. The maximum absolute atomic E-state index is 15.8. The largest absolute Gasteiger partial charge is 0.417 e. The number of carbonyl (C=O) groups is 12. The maximum atomic E-state index is 15.8. The first kappa shape index (κ1) is 80.3. The fraction of sp³-hybridized carbons (Fsp3) is 0.750. The van der Waals surface area contributed by atoms with Gasteiger partial charge in [0.1, 0.15) is 47.8 Å². The molecule has 1 aromatic rings. The number of rotatable bonds is 11. The number of carbonyl (C=O) groups excluding carboxylic acids is 12. The van der Waals surface area contributed by atoms with Crippen molar-refractivity contribution in [2.45, 2.75) is 242 Å². The first-order valence-corrected chi connectivity index (χ1v) is 36.8. The van der Waals surface area contributed by atoms with Crippen LogP contribution < -0.4 is 21.3 Å². The standard InChI is InChI=1S/C72H110ClF3N12O12/c1-11-46(4)61-65(95)77-42-59(91)81(5)44-60(92)84(8)55(40-47-24-15-12-16-25-47)67(97)82(6)43-57(89)78-52(32-30-48-29-31-50(51(73)39-48)72(74,75)76)66(96)88-37-23-28-53(88)64(94)80-71(33-19-20-34-71)70(100)86(10)62(49-26-17-13-18-27-49)69(99)85(9)56(68(98)87-35-21-14-22-36-87)41-58(90)83(7)54(38-45(2)3)63(93)79-61/h29,31,39,45-47,49,52-56,61-62H,11-28,30,32-38,40-44H2,1-10H3,(H,77,95)(H,78,89)(H,79,93)(H,80,94)/t46-,52-,53?,54-,55-,56-,61-,62-/m0/s1. The van der Waals surface area contributed by atoms with E-state index in [1.165, 1.54) is 72.9 Å². The third-order valence-electron chi connectivity index (χ3n) is 22.0. The average Bonchev–Trinajstić information content (AvgIpc) is 1.36. The van der Waals surface area contributed by atoms with Crippen LogP contribution in [0, 0.1) is 23.7 Å². The number of piperidine rings is 1. The molecule has 3 saturated heterocycles. The molecule has 4 N–H and O–H groups in total. The minimum atomic E-state index is -4.76. The molecule has 7 rings (SSSR count). The Balaban J connectivity index is 1.28. The van der Waals surface area contributed by atoms with Crippen LogP contribution in [-0.4, -0.2) is 239 Å². The van der Waals surface area contributed by atoms with Crippen LogP contribution in [-0.2, 0) is 70.1 Å². The Bertz CT molecular complexity index is 3100. The van der Waals surface area contributed by atoms with Crippen molar-refractivity contribution in [1.82, 2.24) is 60.5 Å². The van der Waals surface area contributed by atoms with E-state index in [1.54, 1.807) is 11.8 Å². The van der Waals surface area contributed by atoms with Crippen LogP contribution in [0.2, 0.25) is 5.02 Å². The van der Waals surface area contributed by atoms with Gasteiger partial charge in [0.25, 0.3) is 0 Å². The molecule has 3 aliphatic carbocycles. The van der Waals surface area contributed by atoms with Crippen molar-refractivity contribution in [3.05, 3.63) is 34.3 Å². The molecule has 1 spiro atoms. The molecule has 28 heteroatoms. The van der Waals surface area contributed by atoms with Gasteiger partial charge in [0.15, 0.2) is 0 Å². The molecular weight excluding hydrogens is 1320 g/mol. The van der Waals surface area contributed by atoms with Gasteiger partial charge in [-0.25, -0.2) is 0 Å². The van der Waals surface area contributed by atoms with Gasteiger partial charge in [0.05, 0.1) is 36.6 Å². The summed E-state index contributed by atoms with van der Waals surface area (Å²) in [6.07, 6.45) is 7.11. The third kappa shape index (κ3) is 20.4. The Kier molecular flexibility index (Phi) is 29.0. The van der Waals surface area contributed by atoms with Crippen molar-refractivity contribution in [2.24, 2.45) is 23.7 Å². The monoisotopic (exact) mass is 1430 g/mol. The Morgan fingerprint density at radius 3 is 1.87 bits per heavy atom. The number of likely N-dealkylation sites (N-methyl/N-ethyl adjacent to an activating group) is 6. The number of nitrogens with zero attached hydrogens (tertiary/aromatic N) is 8. The lowest BCUT2D eigenvalue weighted by Crippen LogP contribution is -2.65. The lowest BCUT2D eigenvalue weighted by molar-refractivity contribution is -0.157. The lowest BCUT2D eigenvalue weighted by Gasteiger charge is -2.43. The van der Waals surface area contributed by atoms with Crippen LogP contribution in [0.3, 0.4) is 0 Å². The van der Waals surface area contributed by atoms with Gasteiger partial charge in [-0.05, 0) is 125 Å². The van der Waals surface area contributed by atoms with Crippen LogP contribution >= 0.6 is 11.6 Å². The zero-order valence-electron chi connectivity index (χ0n) is 60.5. The summed E-state index contributed by atoms with van der Waals surface area (Å²) in [6.45, 7) is 6.35. The molecule has 3 heterocycles. The van der Waals surface area contributed by atoms with Gasteiger partial charge in [-0.3, -0.25) is 57.5 Å². The quantitative estimate of drug-likeness (QED) is 0.196. The molecule has 6 aliphatic rings. The van der Waals surface area contributed by atoms with E-state index in [0.717, 1.165) is 79.7 Å². The SMILES string of the molecule is CC[C@H](C)[C@@H]1NC(=O)[C@H](CC(C)C)N(C)C(=O)C[C@@H](C(=O)N2CCCCC2)N(C)C(=O)[C@H](C2CCCCC2)N(C)C(=O)C2(CCCC2)NC(=O)C2CCCN2C(=O)[C@H](CCc2ccc(C(F)(F)F)c(Cl)c2)NC(=O)CN(C)C(=O)[C@H](CC2CCCCC2)N(C)C(=O)CN(C)C(=O)CNC1=O. The molecule has 6 fully saturated rings. The van der Waals surface area contributed by atoms with Crippen molar-refractivity contribution in [1.29, 1.82) is 0 Å². The second-order valence-corrected chi connectivity index (χ2v) is 30.1. The van der Waals surface area contributed by atoms with Gasteiger partial charge in [-0.1, -0.05) is 116 Å². The number of nitrogens with one attached hydrogen (secondary N) is 4. The number of fused-ring (bicyclic) bond motifs is 1. The first-order chi connectivity index (χ1) is 47.3. The molecule has 558 valence electrons. The molecule has 0 bridgehead atoms. The predicted octanol–water partition coefficient (Wildman–Crippen LogP) is 6.08. The topological polar surface area (TPSA) is 279 Å². The van der Waals surface area contributed by atoms with Crippen molar-refractivity contribution in [3.63, 3.8) is 0 Å². The highest BCUT2D eigenvalue weighted by Gasteiger charge is 2.51. The summed E-state index contributed by atoms with van der Waals surface area (Å²) in [7, 11) is 8.59. The molecule has 8 atom stereocenters. The lowest BCUT2D eigenvalue weighted by atomic mass is 9.81. The molecular formula is C72H110ClF3N12O12. The average molecular weight is 1430 g/mol. The maximum Gasteiger partial charge on any atom is 0.417 e. The highest BCUT2D eigenvalue weighted by molar-refractivity contribution is 6.31. The fourth-order valence-corrected chi connectivity index (χ4v) is 15.9. The van der Waals surface area contributed by atoms with E-state index in [2.05, 4.69) is 21.3 Å². The smallest absolute Gasteiger partial charge is 0.345 e. The summed E-state index contributed by atoms with van der Waals surface area (Å²) >= 11 is 6.16. The summed E-state index contributed by atoms with van der Waals surface area (Å²) < 4.78 is 41.6. The number of hydrogen-bond acceptors (Lipinski definition) is 12. The molecule has 0 aromatic heterocycles. The van der Waals surface area contributed by atoms with E-state index < -0.39 is 173 Å². The van der Waals surface area contributed by atoms with Crippen LogP contribution in [0.4, 0.5) is 13.2 Å². The first-order valence-electron chi connectivity index (χ1n) is 36.5. The highest BCUT2D eigenvalue weighted by atomic mass is 35.5. The number of halogens is 4. The number of amides is 12. The van der Waals surface area contributed by atoms with E-state index in [1.807, 2.05) is 20.8 Å². The molecule has 0 radical (unpaired) electrons. The predicted molar refractivity (Wildman–Crippen MR) is 369 cm³/mol. The molecule has 1 aromatic carbocycles. The normalized spacial score (nSPS) is 26.8. The molecule has 3 aliphatic heterocycles. The Morgan fingerprint density at radius 1 is 0.640 bits per heavy atom. The zero-order chi connectivity index (χ0) is 73.5. The van der Waals surface area contributed by atoms with Crippen LogP contribution in [0.5, 0.6) is 0 Å². The van der Waals surface area contributed by atoms with Crippen LogP contribution in [0.25, 0.3) is 0 Å². The van der Waals surface area contributed by atoms with Gasteiger partial charge in [0, 0.05) is 61.9 Å². The highest BCUT2D eigenvalue weighted by Crippen LogP contribution is 2.39. The Hall–Kier alpha value is -7.06. The summed E-state index contributed by atoms with van der Waals surface area (Å²) in [5.41, 5.74) is -2.33. The van der Waals surface area contributed by atoms with Crippen molar-refractivity contribution in [3.8, 4) is 0 Å². The minimum Gasteiger partial charge on any atom is -0.345 e. The number of benzene rings is 1. The van der Waals surface area contributed by atoms with E-state index >= 15 is 28.8 Å². The summed E-state index contributed by atoms with van der Waals surface area (Å²) in [6, 6.07) is -5.53. The summed E-state index contributed by atoms with van der Waals surface area (Å²) in [4.78, 5) is 189. The summed E-state index contributed by atoms with van der Waals surface area (Å²) in [5.74, 6) is -8.83. The number of aryl methyl sites for hydroxylation is 1. The van der Waals surface area contributed by atoms with Gasteiger partial charge in [0.2, 0.25) is 70.9 Å². The Labute approximate surface area is 592 Å². The second kappa shape index (κ2) is 36.2. The van der Waals surface area contributed by atoms with Gasteiger partial charge in [-0.2, -0.15) is 13.2 Å². The third-order valence-corrected chi connectivity index (χ3v) is 22.3. The van der Waals surface area contributed by atoms with Crippen LogP contribution in [0.15, 0.2) is 18.2 Å². The molecule has 12 amide bonds. The van der Waals surface area contributed by atoms with E-state index in [9.17, 15) is 41.9 Å². The van der Waals surface area contributed by atoms with E-state index in [-0.39, 0.29) is 63.3 Å². The van der Waals surface area contributed by atoms with Gasteiger partial charge in [-0.15, -0.1) is 0 Å². The van der Waals surface area contributed by atoms with Crippen molar-refractivity contribution >= 4 is 82.5 Å². The fourth-order valence-electron chi connectivity index (χ4n) is 15.6. The van der Waals surface area contributed by atoms with Crippen molar-refractivity contribution in [2.75, 3.05) is 81.6 Å². The van der Waals surface area contributed by atoms with Crippen molar-refractivity contribution < 1.29 is 70.7 Å². The molecule has 3 saturated carbocycles. The molecule has 24 nitrogen and oxygen atoms in total. The van der Waals surface area contributed by atoms with E-state index in [0.29, 0.717) is 70.0 Å². The molecule has 100 heavy (non-hydrogen) atoms.